The average molecular weight is 345 g/mol. The van der Waals surface area contributed by atoms with Gasteiger partial charge >= 0.3 is 23.2 Å². The van der Waals surface area contributed by atoms with E-state index in [1.54, 1.807) is 17.9 Å². The summed E-state index contributed by atoms with van der Waals surface area (Å²) in [7, 11) is -5.29. The van der Waals surface area contributed by atoms with Gasteiger partial charge in [-0.2, -0.15) is 0 Å². The standard InChI is InChI=1S/C12H24N2O4Si2.C2H4/c1-6-9-16-19(4,8-3)18-20(5,17-10-7-2)11-14-12(13)15;1-2/h6-8H,1-3,9-11H2,4-5H3,(H3,13,14,15);1-2H2. The molecule has 0 aliphatic rings. The summed E-state index contributed by atoms with van der Waals surface area (Å²) < 4.78 is 17.5. The number of hydrogen-bond donors (Lipinski definition) is 2. The molecule has 0 saturated heterocycles. The van der Waals surface area contributed by atoms with Crippen LogP contribution in [0.4, 0.5) is 4.79 Å². The van der Waals surface area contributed by atoms with Crippen LogP contribution in [-0.2, 0) is 13.0 Å². The lowest BCUT2D eigenvalue weighted by Crippen LogP contribution is -2.58. The van der Waals surface area contributed by atoms with Crippen molar-refractivity contribution in [2.45, 2.75) is 13.1 Å². The Balaban J connectivity index is 0. The van der Waals surface area contributed by atoms with Gasteiger partial charge in [0.15, 0.2) is 0 Å². The normalized spacial score (nSPS) is 15.2. The van der Waals surface area contributed by atoms with E-state index in [4.69, 9.17) is 18.7 Å². The molecule has 0 rings (SSSR count). The maximum Gasteiger partial charge on any atom is 0.352 e. The van der Waals surface area contributed by atoms with Crippen molar-refractivity contribution >= 4 is 23.2 Å². The van der Waals surface area contributed by atoms with Crippen molar-refractivity contribution in [1.82, 2.24) is 5.32 Å². The van der Waals surface area contributed by atoms with Gasteiger partial charge in [-0.25, -0.2) is 4.79 Å². The van der Waals surface area contributed by atoms with E-state index in [-0.39, 0.29) is 6.17 Å². The average Bonchev–Trinajstić information content (AvgIpc) is 2.51. The molecule has 126 valence electrons. The zero-order valence-electron chi connectivity index (χ0n) is 13.6. The minimum atomic E-state index is -2.69. The van der Waals surface area contributed by atoms with E-state index < -0.39 is 23.2 Å². The van der Waals surface area contributed by atoms with E-state index in [1.807, 2.05) is 13.1 Å². The van der Waals surface area contributed by atoms with Crippen LogP contribution in [0.1, 0.15) is 0 Å². The van der Waals surface area contributed by atoms with Gasteiger partial charge in [-0.05, 0) is 13.1 Å². The summed E-state index contributed by atoms with van der Waals surface area (Å²) in [5, 5.41) is 2.53. The molecule has 8 heteroatoms. The van der Waals surface area contributed by atoms with Crippen molar-refractivity contribution in [1.29, 1.82) is 0 Å². The monoisotopic (exact) mass is 344 g/mol. The van der Waals surface area contributed by atoms with Crippen molar-refractivity contribution in [3.05, 3.63) is 50.7 Å². The Bertz CT molecular complexity index is 382. The van der Waals surface area contributed by atoms with Crippen LogP contribution in [-0.4, -0.2) is 42.5 Å². The number of nitrogens with two attached hydrogens (primary N) is 1. The van der Waals surface area contributed by atoms with Gasteiger partial charge in [-0.1, -0.05) is 17.9 Å². The molecule has 0 heterocycles. The van der Waals surface area contributed by atoms with E-state index in [1.165, 1.54) is 0 Å². The number of carbonyl (C=O) groups excluding carboxylic acids is 1. The summed E-state index contributed by atoms with van der Waals surface area (Å²) >= 11 is 0. The molecule has 0 aromatic heterocycles. The molecule has 2 unspecified atom stereocenters. The van der Waals surface area contributed by atoms with Crippen molar-refractivity contribution in [2.75, 3.05) is 19.4 Å². The molecule has 2 amide bonds. The van der Waals surface area contributed by atoms with Crippen LogP contribution in [0, 0.1) is 0 Å². The van der Waals surface area contributed by atoms with E-state index in [0.29, 0.717) is 13.2 Å². The third-order valence-corrected chi connectivity index (χ3v) is 8.79. The Morgan fingerprint density at radius 2 is 1.64 bits per heavy atom. The minimum absolute atomic E-state index is 0.226. The highest BCUT2D eigenvalue weighted by molar-refractivity contribution is 6.82. The molecule has 0 fully saturated rings. The minimum Gasteiger partial charge on any atom is -0.411 e. The number of hydrogen-bond acceptors (Lipinski definition) is 4. The van der Waals surface area contributed by atoms with Crippen LogP contribution >= 0.6 is 0 Å². The highest BCUT2D eigenvalue weighted by Crippen LogP contribution is 2.17. The zero-order chi connectivity index (χ0) is 17.6. The van der Waals surface area contributed by atoms with E-state index in [9.17, 15) is 4.79 Å². The van der Waals surface area contributed by atoms with Crippen LogP contribution < -0.4 is 11.1 Å². The maximum atomic E-state index is 10.9. The van der Waals surface area contributed by atoms with Crippen LogP contribution in [0.2, 0.25) is 13.1 Å². The molecule has 0 radical (unpaired) electrons. The topological polar surface area (TPSA) is 82.8 Å². The van der Waals surface area contributed by atoms with Gasteiger partial charge < -0.3 is 24.0 Å². The number of nitrogens with one attached hydrogen (secondary N) is 1. The fraction of sp³-hybridized carbons (Fsp3) is 0.357. The van der Waals surface area contributed by atoms with E-state index in [2.05, 4.69) is 38.2 Å². The first-order valence-electron chi connectivity index (χ1n) is 6.67. The first kappa shape index (κ1) is 22.8. The largest absolute Gasteiger partial charge is 0.411 e. The molecule has 22 heavy (non-hydrogen) atoms. The lowest BCUT2D eigenvalue weighted by Gasteiger charge is -2.34. The summed E-state index contributed by atoms with van der Waals surface area (Å²) in [6.07, 6.45) is 3.49. The molecule has 3 N–H and O–H groups in total. The first-order chi connectivity index (χ1) is 10.3. The summed E-state index contributed by atoms with van der Waals surface area (Å²) in [6.45, 7) is 21.3. The van der Waals surface area contributed by atoms with Crippen LogP contribution in [0.15, 0.2) is 50.7 Å². The zero-order valence-corrected chi connectivity index (χ0v) is 15.6. The highest BCUT2D eigenvalue weighted by atomic mass is 28.5. The molecular weight excluding hydrogens is 316 g/mol. The fourth-order valence-electron chi connectivity index (χ4n) is 1.38. The molecule has 6 nitrogen and oxygen atoms in total. The molecule has 0 spiro atoms. The molecule has 2 atom stereocenters. The van der Waals surface area contributed by atoms with Crippen LogP contribution in [0.3, 0.4) is 0 Å². The van der Waals surface area contributed by atoms with Gasteiger partial charge in [0.2, 0.25) is 0 Å². The summed E-state index contributed by atoms with van der Waals surface area (Å²) in [5.74, 6) is 0. The fourth-order valence-corrected chi connectivity index (χ4v) is 7.54. The summed E-state index contributed by atoms with van der Waals surface area (Å²) in [5.41, 5.74) is 6.76. The van der Waals surface area contributed by atoms with Gasteiger partial charge in [-0.3, -0.25) is 0 Å². The smallest absolute Gasteiger partial charge is 0.352 e. The molecule has 0 aliphatic carbocycles. The number of carbonyl (C=O) groups is 1. The second kappa shape index (κ2) is 12.1. The van der Waals surface area contributed by atoms with Gasteiger partial charge in [0, 0.05) is 0 Å². The van der Waals surface area contributed by atoms with Crippen molar-refractivity contribution < 1.29 is 17.8 Å². The van der Waals surface area contributed by atoms with Gasteiger partial charge in [0.25, 0.3) is 0 Å². The molecule has 0 aliphatic heterocycles. The molecule has 0 aromatic carbocycles. The van der Waals surface area contributed by atoms with Gasteiger partial charge in [-0.15, -0.1) is 32.9 Å². The second-order valence-electron chi connectivity index (χ2n) is 4.37. The number of rotatable bonds is 11. The van der Waals surface area contributed by atoms with E-state index in [0.717, 1.165) is 0 Å². The van der Waals surface area contributed by atoms with Crippen molar-refractivity contribution in [3.63, 3.8) is 0 Å². The Morgan fingerprint density at radius 1 is 1.14 bits per heavy atom. The Hall–Kier alpha value is -1.46. The Morgan fingerprint density at radius 3 is 2.05 bits per heavy atom. The lowest BCUT2D eigenvalue weighted by molar-refractivity contribution is 0.216. The molecule has 0 bridgehead atoms. The summed E-state index contributed by atoms with van der Waals surface area (Å²) in [4.78, 5) is 10.9. The number of amides is 2. The predicted octanol–water partition coefficient (Wildman–Crippen LogP) is 2.29. The molecule has 0 saturated carbocycles. The van der Waals surface area contributed by atoms with Crippen molar-refractivity contribution in [2.24, 2.45) is 5.73 Å². The lowest BCUT2D eigenvalue weighted by atomic mass is 10.7. The molecule has 0 aromatic rings. The summed E-state index contributed by atoms with van der Waals surface area (Å²) in [6, 6.07) is -0.622. The maximum absolute atomic E-state index is 10.9. The Kier molecular flexibility index (Phi) is 12.6. The highest BCUT2D eigenvalue weighted by Gasteiger charge is 2.41. The predicted molar refractivity (Wildman–Crippen MR) is 95.7 cm³/mol. The quantitative estimate of drug-likeness (QED) is 0.445. The van der Waals surface area contributed by atoms with Crippen LogP contribution in [0.5, 0.6) is 0 Å². The molecular formula is C14H28N2O4Si2. The third-order valence-electron chi connectivity index (χ3n) is 2.37. The van der Waals surface area contributed by atoms with Gasteiger partial charge in [0.1, 0.15) is 0 Å². The SMILES string of the molecule is C=C.C=CCO[Si](C)(C=C)O[Si](C)(CNC(N)=O)OCC=C. The third kappa shape index (κ3) is 10.3. The van der Waals surface area contributed by atoms with Crippen molar-refractivity contribution in [3.8, 4) is 0 Å². The first-order valence-corrected chi connectivity index (χ1v) is 11.6. The Labute approximate surface area is 135 Å². The second-order valence-corrected chi connectivity index (χ2v) is 10.8. The van der Waals surface area contributed by atoms with Crippen LogP contribution in [0.25, 0.3) is 0 Å². The number of primary amides is 1. The van der Waals surface area contributed by atoms with Gasteiger partial charge in [0.05, 0.1) is 19.4 Å². The number of urea groups is 1. The van der Waals surface area contributed by atoms with E-state index >= 15 is 0 Å².